The molecule has 1 amide bonds. The van der Waals surface area contributed by atoms with Gasteiger partial charge in [-0.15, -0.1) is 24.0 Å². The van der Waals surface area contributed by atoms with Crippen LogP contribution in [0.1, 0.15) is 38.7 Å². The number of nitrogens with zero attached hydrogens (tertiary/aromatic N) is 1. The van der Waals surface area contributed by atoms with Gasteiger partial charge < -0.3 is 25.4 Å². The third-order valence-corrected chi connectivity index (χ3v) is 4.46. The molecule has 164 valence electrons. The molecule has 0 aliphatic carbocycles. The summed E-state index contributed by atoms with van der Waals surface area (Å²) in [6.45, 7) is 9.03. The first-order valence-corrected chi connectivity index (χ1v) is 10.2. The minimum absolute atomic E-state index is 0. The predicted molar refractivity (Wildman–Crippen MR) is 128 cm³/mol. The molecular formula is C21H35IN4O3. The maximum absolute atomic E-state index is 11.2. The van der Waals surface area contributed by atoms with Crippen molar-refractivity contribution < 1.29 is 14.3 Å². The van der Waals surface area contributed by atoms with Crippen LogP contribution in [0.4, 0.5) is 5.69 Å². The molecule has 0 bridgehead atoms. The van der Waals surface area contributed by atoms with Crippen LogP contribution in [-0.2, 0) is 20.8 Å². The maximum Gasteiger partial charge on any atom is 0.221 e. The molecule has 8 heteroatoms. The van der Waals surface area contributed by atoms with Gasteiger partial charge in [-0.05, 0) is 49.8 Å². The number of hydrogen-bond donors (Lipinski definition) is 3. The molecule has 1 aromatic rings. The zero-order valence-corrected chi connectivity index (χ0v) is 19.9. The fraction of sp³-hybridized carbons (Fsp3) is 0.619. The number of hydrogen-bond acceptors (Lipinski definition) is 4. The summed E-state index contributed by atoms with van der Waals surface area (Å²) in [5.74, 6) is 1.36. The lowest BCUT2D eigenvalue weighted by Crippen LogP contribution is -2.38. The molecule has 0 unspecified atom stereocenters. The maximum atomic E-state index is 11.2. The van der Waals surface area contributed by atoms with Crippen LogP contribution in [0.5, 0.6) is 0 Å². The number of anilines is 1. The quantitative estimate of drug-likeness (QED) is 0.192. The number of rotatable bonds is 10. The molecule has 3 N–H and O–H groups in total. The molecule has 0 atom stereocenters. The van der Waals surface area contributed by atoms with Gasteiger partial charge in [-0.3, -0.25) is 4.79 Å². The van der Waals surface area contributed by atoms with Gasteiger partial charge in [-0.1, -0.05) is 12.1 Å². The van der Waals surface area contributed by atoms with E-state index >= 15 is 0 Å². The fourth-order valence-electron chi connectivity index (χ4n) is 3.01. The molecule has 1 fully saturated rings. The third-order valence-electron chi connectivity index (χ3n) is 4.46. The largest absolute Gasteiger partial charge is 0.381 e. The smallest absolute Gasteiger partial charge is 0.221 e. The average molecular weight is 518 g/mol. The molecule has 2 rings (SSSR count). The molecule has 1 saturated heterocycles. The molecule has 1 aliphatic rings. The second-order valence-electron chi connectivity index (χ2n) is 6.99. The Bertz CT molecular complexity index is 622. The molecule has 0 saturated carbocycles. The Balaban J connectivity index is 0.00000420. The van der Waals surface area contributed by atoms with E-state index in [1.807, 2.05) is 31.2 Å². The van der Waals surface area contributed by atoms with Gasteiger partial charge in [-0.2, -0.15) is 0 Å². The highest BCUT2D eigenvalue weighted by Crippen LogP contribution is 2.14. The van der Waals surface area contributed by atoms with Crippen LogP contribution in [-0.4, -0.2) is 51.4 Å². The van der Waals surface area contributed by atoms with Crippen LogP contribution in [0.2, 0.25) is 0 Å². The van der Waals surface area contributed by atoms with Crippen LogP contribution < -0.4 is 16.0 Å². The number of halogens is 1. The molecule has 1 heterocycles. The lowest BCUT2D eigenvalue weighted by Gasteiger charge is -2.21. The van der Waals surface area contributed by atoms with Gasteiger partial charge in [0.1, 0.15) is 0 Å². The SMILES string of the molecule is CCNC(=NCc1cccc(NC(C)=O)c1)NCCCOCC1CCOCC1.I. The van der Waals surface area contributed by atoms with Crippen molar-refractivity contribution in [2.24, 2.45) is 10.9 Å². The van der Waals surface area contributed by atoms with Gasteiger partial charge in [-0.25, -0.2) is 4.99 Å². The average Bonchev–Trinajstić information content (AvgIpc) is 2.69. The summed E-state index contributed by atoms with van der Waals surface area (Å²) in [6, 6.07) is 7.74. The zero-order chi connectivity index (χ0) is 20.0. The lowest BCUT2D eigenvalue weighted by atomic mass is 10.0. The van der Waals surface area contributed by atoms with Crippen molar-refractivity contribution in [1.82, 2.24) is 10.6 Å². The Morgan fingerprint density at radius 1 is 1.28 bits per heavy atom. The highest BCUT2D eigenvalue weighted by Gasteiger charge is 2.13. The van der Waals surface area contributed by atoms with E-state index < -0.39 is 0 Å². The summed E-state index contributed by atoms with van der Waals surface area (Å²) >= 11 is 0. The predicted octanol–water partition coefficient (Wildman–Crippen LogP) is 3.15. The van der Waals surface area contributed by atoms with Crippen molar-refractivity contribution in [3.63, 3.8) is 0 Å². The van der Waals surface area contributed by atoms with Crippen molar-refractivity contribution >= 4 is 41.5 Å². The van der Waals surface area contributed by atoms with Gasteiger partial charge in [0, 0.05) is 52.1 Å². The van der Waals surface area contributed by atoms with Gasteiger partial charge >= 0.3 is 0 Å². The van der Waals surface area contributed by atoms with E-state index in [1.165, 1.54) is 6.92 Å². The van der Waals surface area contributed by atoms with Gasteiger partial charge in [0.15, 0.2) is 5.96 Å². The van der Waals surface area contributed by atoms with E-state index in [0.29, 0.717) is 12.5 Å². The van der Waals surface area contributed by atoms with Crippen molar-refractivity contribution in [3.05, 3.63) is 29.8 Å². The fourth-order valence-corrected chi connectivity index (χ4v) is 3.01. The third kappa shape index (κ3) is 11.4. The van der Waals surface area contributed by atoms with E-state index in [-0.39, 0.29) is 29.9 Å². The van der Waals surface area contributed by atoms with E-state index in [0.717, 1.165) is 76.0 Å². The molecule has 0 aromatic heterocycles. The van der Waals surface area contributed by atoms with Gasteiger partial charge in [0.25, 0.3) is 0 Å². The lowest BCUT2D eigenvalue weighted by molar-refractivity contribution is -0.114. The molecule has 29 heavy (non-hydrogen) atoms. The highest BCUT2D eigenvalue weighted by atomic mass is 127. The summed E-state index contributed by atoms with van der Waals surface area (Å²) < 4.78 is 11.2. The number of benzene rings is 1. The Morgan fingerprint density at radius 2 is 2.07 bits per heavy atom. The van der Waals surface area contributed by atoms with Crippen LogP contribution >= 0.6 is 24.0 Å². The first kappa shape index (κ1) is 25.6. The van der Waals surface area contributed by atoms with Crippen LogP contribution in [0.15, 0.2) is 29.3 Å². The molecule has 7 nitrogen and oxygen atoms in total. The minimum Gasteiger partial charge on any atom is -0.381 e. The van der Waals surface area contributed by atoms with Crippen LogP contribution in [0.25, 0.3) is 0 Å². The molecule has 1 aromatic carbocycles. The summed E-state index contributed by atoms with van der Waals surface area (Å²) in [5, 5.41) is 9.40. The summed E-state index contributed by atoms with van der Waals surface area (Å²) in [5.41, 5.74) is 1.84. The number of nitrogens with one attached hydrogen (secondary N) is 3. The second kappa shape index (κ2) is 15.4. The monoisotopic (exact) mass is 518 g/mol. The number of guanidine groups is 1. The van der Waals surface area contributed by atoms with E-state index in [9.17, 15) is 4.79 Å². The molecule has 0 radical (unpaired) electrons. The van der Waals surface area contributed by atoms with E-state index in [2.05, 4.69) is 20.9 Å². The highest BCUT2D eigenvalue weighted by molar-refractivity contribution is 14.0. The Labute approximate surface area is 191 Å². The van der Waals surface area contributed by atoms with Crippen LogP contribution in [0, 0.1) is 5.92 Å². The minimum atomic E-state index is -0.0744. The standard InChI is InChI=1S/C21H34N4O3.HI/c1-3-22-21(23-10-5-11-28-16-18-8-12-27-13-9-18)24-15-19-6-4-7-20(14-19)25-17(2)26;/h4,6-7,14,18H,3,5,8-13,15-16H2,1-2H3,(H,25,26)(H2,22,23,24);1H. The Hall–Kier alpha value is -1.39. The number of ether oxygens (including phenoxy) is 2. The van der Waals surface area contributed by atoms with Crippen molar-refractivity contribution in [1.29, 1.82) is 0 Å². The number of carbonyl (C=O) groups is 1. The Kier molecular flexibility index (Phi) is 13.7. The van der Waals surface area contributed by atoms with Crippen LogP contribution in [0.3, 0.4) is 0 Å². The van der Waals surface area contributed by atoms with Crippen molar-refractivity contribution in [3.8, 4) is 0 Å². The number of amides is 1. The summed E-state index contributed by atoms with van der Waals surface area (Å²) in [7, 11) is 0. The first-order valence-electron chi connectivity index (χ1n) is 10.2. The summed E-state index contributed by atoms with van der Waals surface area (Å²) in [4.78, 5) is 15.8. The van der Waals surface area contributed by atoms with Gasteiger partial charge in [0.2, 0.25) is 5.91 Å². The van der Waals surface area contributed by atoms with Gasteiger partial charge in [0.05, 0.1) is 6.54 Å². The molecule has 0 spiro atoms. The Morgan fingerprint density at radius 3 is 2.79 bits per heavy atom. The molecular weight excluding hydrogens is 483 g/mol. The summed E-state index contributed by atoms with van der Waals surface area (Å²) in [6.07, 6.45) is 3.16. The van der Waals surface area contributed by atoms with E-state index in [4.69, 9.17) is 9.47 Å². The topological polar surface area (TPSA) is 84.0 Å². The number of aliphatic imine (C=N–C) groups is 1. The van der Waals surface area contributed by atoms with E-state index in [1.54, 1.807) is 0 Å². The second-order valence-corrected chi connectivity index (χ2v) is 6.99. The molecule has 1 aliphatic heterocycles. The van der Waals surface area contributed by atoms with Crippen molar-refractivity contribution in [2.45, 2.75) is 39.7 Å². The first-order chi connectivity index (χ1) is 13.7. The van der Waals surface area contributed by atoms with Crippen molar-refractivity contribution in [2.75, 3.05) is 44.8 Å². The number of carbonyl (C=O) groups excluding carboxylic acids is 1. The normalized spacial score (nSPS) is 14.8. The zero-order valence-electron chi connectivity index (χ0n) is 17.5.